The molecular weight excluding hydrogens is 778 g/mol. The number of likely N-dealkylation sites (N-methyl/N-ethyl adjacent to an activating group) is 1. The Morgan fingerprint density at radius 2 is 1.53 bits per heavy atom. The fourth-order valence-corrected chi connectivity index (χ4v) is 7.21. The smallest absolute Gasteiger partial charge is 0.383 e. The Balaban J connectivity index is 1.12. The molecule has 3 N–H and O–H groups in total. The van der Waals surface area contributed by atoms with Gasteiger partial charge in [0.15, 0.2) is 0 Å². The predicted molar refractivity (Wildman–Crippen MR) is 223 cm³/mol. The third-order valence-electron chi connectivity index (χ3n) is 10.7. The molecule has 1 aromatic heterocycles. The maximum absolute atomic E-state index is 13.8. The van der Waals surface area contributed by atoms with Gasteiger partial charge in [-0.05, 0) is 85.5 Å². The summed E-state index contributed by atoms with van der Waals surface area (Å²) in [7, 11) is 3.30. The number of carbonyl (C=O) groups is 4. The summed E-state index contributed by atoms with van der Waals surface area (Å²) >= 11 is 0. The van der Waals surface area contributed by atoms with E-state index in [9.17, 15) is 32.3 Å². The van der Waals surface area contributed by atoms with Crippen molar-refractivity contribution in [2.45, 2.75) is 32.0 Å². The van der Waals surface area contributed by atoms with E-state index >= 15 is 0 Å². The quantitative estimate of drug-likeness (QED) is 0.132. The number of halogens is 3. The average Bonchev–Trinajstić information content (AvgIpc) is 3.27. The highest BCUT2D eigenvalue weighted by molar-refractivity contribution is 6.08. The lowest BCUT2D eigenvalue weighted by Crippen LogP contribution is -2.53. The third kappa shape index (κ3) is 11.6. The molecule has 2 saturated heterocycles. The fraction of sp³-hybridized carbons (Fsp3) is 0.386. The molecule has 13 nitrogen and oxygen atoms in total. The van der Waals surface area contributed by atoms with Crippen LogP contribution in [0.15, 0.2) is 85.1 Å². The molecule has 5 amide bonds. The maximum Gasteiger partial charge on any atom is 0.416 e. The van der Waals surface area contributed by atoms with Gasteiger partial charge in [0.25, 0.3) is 17.7 Å². The predicted octanol–water partition coefficient (Wildman–Crippen LogP) is 5.99. The average molecular weight is 829 g/mol. The molecule has 0 saturated carbocycles. The summed E-state index contributed by atoms with van der Waals surface area (Å²) in [5, 5.41) is 8.54. The number of methoxy groups -OCH3 is 1. The second-order valence-corrected chi connectivity index (χ2v) is 14.9. The van der Waals surface area contributed by atoms with E-state index in [4.69, 9.17) is 4.74 Å². The number of nitrogens with one attached hydrogen (secondary N) is 3. The molecule has 0 unspecified atom stereocenters. The van der Waals surface area contributed by atoms with E-state index in [1.54, 1.807) is 60.4 Å². The van der Waals surface area contributed by atoms with Crippen molar-refractivity contribution in [1.82, 2.24) is 30.3 Å². The maximum atomic E-state index is 13.8. The number of carbonyl (C=O) groups excluding carboxylic acids is 4. The molecule has 2 fully saturated rings. The van der Waals surface area contributed by atoms with Crippen molar-refractivity contribution in [3.63, 3.8) is 0 Å². The number of pyridine rings is 1. The summed E-state index contributed by atoms with van der Waals surface area (Å²) in [5.74, 6) is -1.18. The lowest BCUT2D eigenvalue weighted by molar-refractivity contribution is -0.137. The molecular formula is C44H51F3N8O5. The zero-order valence-corrected chi connectivity index (χ0v) is 33.9. The number of piperidine rings is 1. The number of aromatic nitrogens is 1. The third-order valence-corrected chi connectivity index (χ3v) is 10.7. The minimum atomic E-state index is -4.50. The second-order valence-electron chi connectivity index (χ2n) is 14.9. The van der Waals surface area contributed by atoms with E-state index in [1.807, 2.05) is 12.1 Å². The first kappa shape index (κ1) is 43.6. The van der Waals surface area contributed by atoms with Gasteiger partial charge >= 0.3 is 12.2 Å². The SMILES string of the molecule is COCCNC(=O)N1CCN(CCN(C)C(=O)c2cccc(C(=O)Nc3ccc(N4CCCCC4)cc3-c3cc(C(=O)NCc4cccc(C(F)(F)F)c4)ccn3)c2)CC1. The molecule has 0 spiro atoms. The van der Waals surface area contributed by atoms with Crippen molar-refractivity contribution in [1.29, 1.82) is 0 Å². The monoisotopic (exact) mass is 828 g/mol. The lowest BCUT2D eigenvalue weighted by atomic mass is 10.0. The normalized spacial score (nSPS) is 14.7. The van der Waals surface area contributed by atoms with E-state index in [2.05, 4.69) is 30.7 Å². The highest BCUT2D eigenvalue weighted by Gasteiger charge is 2.30. The Kier molecular flexibility index (Phi) is 14.8. The highest BCUT2D eigenvalue weighted by Crippen LogP contribution is 2.34. The Bertz CT molecular complexity index is 2140. The first-order chi connectivity index (χ1) is 28.9. The fourth-order valence-electron chi connectivity index (χ4n) is 7.21. The number of piperazine rings is 1. The number of rotatable bonds is 14. The lowest BCUT2D eigenvalue weighted by Gasteiger charge is -2.35. The number of benzene rings is 3. The zero-order valence-electron chi connectivity index (χ0n) is 33.9. The van der Waals surface area contributed by atoms with Crippen molar-refractivity contribution in [3.8, 4) is 11.3 Å². The Morgan fingerprint density at radius 1 is 0.800 bits per heavy atom. The van der Waals surface area contributed by atoms with Crippen LogP contribution in [-0.4, -0.2) is 123 Å². The van der Waals surface area contributed by atoms with E-state index < -0.39 is 23.6 Å². The Hall–Kier alpha value is -6.00. The first-order valence-corrected chi connectivity index (χ1v) is 20.1. The number of nitrogens with zero attached hydrogens (tertiary/aromatic N) is 5. The highest BCUT2D eigenvalue weighted by atomic mass is 19.4. The summed E-state index contributed by atoms with van der Waals surface area (Å²) in [5.41, 5.74) is 2.73. The molecule has 318 valence electrons. The molecule has 4 aromatic rings. The van der Waals surface area contributed by atoms with Gasteiger partial charge in [-0.1, -0.05) is 18.2 Å². The van der Waals surface area contributed by atoms with Crippen molar-refractivity contribution >= 4 is 35.1 Å². The number of amides is 5. The molecule has 3 heterocycles. The van der Waals surface area contributed by atoms with Gasteiger partial charge in [-0.3, -0.25) is 24.3 Å². The van der Waals surface area contributed by atoms with Crippen molar-refractivity contribution in [3.05, 3.63) is 113 Å². The minimum absolute atomic E-state index is 0.113. The first-order valence-electron chi connectivity index (χ1n) is 20.1. The van der Waals surface area contributed by atoms with Crippen LogP contribution in [0.4, 0.5) is 29.3 Å². The molecule has 0 atom stereocenters. The molecule has 0 bridgehead atoms. The molecule has 2 aliphatic rings. The molecule has 60 heavy (non-hydrogen) atoms. The van der Waals surface area contributed by atoms with Gasteiger partial charge in [0.05, 0.1) is 23.6 Å². The number of hydrogen-bond donors (Lipinski definition) is 3. The van der Waals surface area contributed by atoms with Crippen molar-refractivity contribution in [2.24, 2.45) is 0 Å². The van der Waals surface area contributed by atoms with Crippen LogP contribution in [0.1, 0.15) is 61.5 Å². The summed E-state index contributed by atoms with van der Waals surface area (Å²) in [6.07, 6.45) is 0.209. The van der Waals surface area contributed by atoms with Gasteiger partial charge in [0.1, 0.15) is 0 Å². The van der Waals surface area contributed by atoms with Gasteiger partial charge in [-0.15, -0.1) is 0 Å². The van der Waals surface area contributed by atoms with Gasteiger partial charge in [-0.25, -0.2) is 4.79 Å². The van der Waals surface area contributed by atoms with E-state index in [0.29, 0.717) is 80.5 Å². The molecule has 6 rings (SSSR count). The Morgan fingerprint density at radius 3 is 2.28 bits per heavy atom. The van der Waals surface area contributed by atoms with Crippen LogP contribution in [0.2, 0.25) is 0 Å². The zero-order chi connectivity index (χ0) is 42.6. The van der Waals surface area contributed by atoms with Crippen LogP contribution in [0.25, 0.3) is 11.3 Å². The molecule has 2 aliphatic heterocycles. The number of anilines is 2. The van der Waals surface area contributed by atoms with Crippen molar-refractivity contribution in [2.75, 3.05) is 89.9 Å². The largest absolute Gasteiger partial charge is 0.416 e. The van der Waals surface area contributed by atoms with E-state index in [1.165, 1.54) is 24.4 Å². The summed E-state index contributed by atoms with van der Waals surface area (Å²) < 4.78 is 44.8. The summed E-state index contributed by atoms with van der Waals surface area (Å²) in [6, 6.07) is 20.0. The molecule has 0 radical (unpaired) electrons. The van der Waals surface area contributed by atoms with Crippen LogP contribution in [0.5, 0.6) is 0 Å². The van der Waals surface area contributed by atoms with Crippen molar-refractivity contribution < 1.29 is 37.1 Å². The molecule has 0 aliphatic carbocycles. The number of hydrogen-bond acceptors (Lipinski definition) is 8. The van der Waals surface area contributed by atoms with Crippen LogP contribution in [-0.2, 0) is 17.5 Å². The van der Waals surface area contributed by atoms with Crippen LogP contribution < -0.4 is 20.9 Å². The summed E-state index contributed by atoms with van der Waals surface area (Å²) in [4.78, 5) is 65.4. The molecule has 16 heteroatoms. The molecule has 3 aromatic carbocycles. The summed E-state index contributed by atoms with van der Waals surface area (Å²) in [6.45, 7) is 6.16. The van der Waals surface area contributed by atoms with Gasteiger partial charge in [0, 0.05) is 114 Å². The number of ether oxygens (including phenoxy) is 1. The van der Waals surface area contributed by atoms with Crippen LogP contribution in [0.3, 0.4) is 0 Å². The van der Waals surface area contributed by atoms with E-state index in [0.717, 1.165) is 50.2 Å². The standard InChI is InChI=1S/C44H51F3N8O5/c1-52(19-20-53-21-23-55(24-22-53)43(59)49-16-25-60-2)42(58)34-10-7-9-32(27-34)41(57)51-38-13-12-36(54-17-4-3-5-18-54)29-37(38)39-28-33(14-15-48-39)40(56)50-30-31-8-6-11-35(26-31)44(45,46)47/h6-15,26-29H,3-5,16-25,30H2,1-2H3,(H,49,59)(H,50,56)(H,51,57). The number of urea groups is 1. The van der Waals surface area contributed by atoms with Gasteiger partial charge in [-0.2, -0.15) is 13.2 Å². The minimum Gasteiger partial charge on any atom is -0.383 e. The number of alkyl halides is 3. The Labute approximate surface area is 347 Å². The topological polar surface area (TPSA) is 139 Å². The second kappa shape index (κ2) is 20.3. The van der Waals surface area contributed by atoms with E-state index in [-0.39, 0.29) is 29.6 Å². The van der Waals surface area contributed by atoms with Gasteiger partial charge < -0.3 is 35.4 Å². The van der Waals surface area contributed by atoms with Crippen LogP contribution in [0, 0.1) is 0 Å². The van der Waals surface area contributed by atoms with Crippen LogP contribution >= 0.6 is 0 Å². The van der Waals surface area contributed by atoms with Gasteiger partial charge in [0.2, 0.25) is 0 Å².